The monoisotopic (exact) mass is 416 g/mol. The molecule has 0 spiro atoms. The van der Waals surface area contributed by atoms with E-state index in [1.807, 2.05) is 43.3 Å². The molecular formula is C20H27Cl2FN2O2. The van der Waals surface area contributed by atoms with E-state index in [9.17, 15) is 9.50 Å². The van der Waals surface area contributed by atoms with Crippen LogP contribution in [0.5, 0.6) is 5.75 Å². The number of halogens is 3. The lowest BCUT2D eigenvalue weighted by molar-refractivity contribution is 0.0662. The highest BCUT2D eigenvalue weighted by molar-refractivity contribution is 5.85. The van der Waals surface area contributed by atoms with E-state index in [2.05, 4.69) is 9.80 Å². The smallest absolute Gasteiger partial charge is 0.146 e. The van der Waals surface area contributed by atoms with E-state index >= 15 is 0 Å². The van der Waals surface area contributed by atoms with Gasteiger partial charge in [-0.3, -0.25) is 4.90 Å². The number of hydrogen-bond donors (Lipinski definition) is 1. The minimum atomic E-state index is -0.540. The highest BCUT2D eigenvalue weighted by Gasteiger charge is 2.21. The van der Waals surface area contributed by atoms with Gasteiger partial charge in [-0.25, -0.2) is 4.39 Å². The molecule has 1 N–H and O–H groups in total. The zero-order valence-corrected chi connectivity index (χ0v) is 17.0. The van der Waals surface area contributed by atoms with Crippen LogP contribution in [0.4, 0.5) is 10.1 Å². The van der Waals surface area contributed by atoms with Crippen LogP contribution in [-0.2, 0) is 0 Å². The molecule has 2 aromatic rings. The van der Waals surface area contributed by atoms with Crippen molar-refractivity contribution in [2.45, 2.75) is 13.0 Å². The number of nitrogens with zero attached hydrogens (tertiary/aromatic N) is 2. The maximum Gasteiger partial charge on any atom is 0.146 e. The number of aliphatic hydroxyl groups excluding tert-OH is 1. The van der Waals surface area contributed by atoms with Crippen molar-refractivity contribution in [2.24, 2.45) is 0 Å². The first-order valence-corrected chi connectivity index (χ1v) is 8.71. The number of hydrogen-bond acceptors (Lipinski definition) is 4. The molecule has 1 saturated heterocycles. The van der Waals surface area contributed by atoms with Crippen molar-refractivity contribution >= 4 is 30.5 Å². The quantitative estimate of drug-likeness (QED) is 0.780. The van der Waals surface area contributed by atoms with Crippen molar-refractivity contribution in [3.63, 3.8) is 0 Å². The number of β-amino-alcohol motifs (C(OH)–C–C–N with tert-alkyl or cyclic N) is 1. The Morgan fingerprint density at radius 3 is 2.26 bits per heavy atom. The van der Waals surface area contributed by atoms with Crippen LogP contribution in [0.2, 0.25) is 0 Å². The molecule has 0 aliphatic carbocycles. The maximum atomic E-state index is 13.9. The van der Waals surface area contributed by atoms with Crippen LogP contribution >= 0.6 is 24.8 Å². The minimum absolute atomic E-state index is 0. The summed E-state index contributed by atoms with van der Waals surface area (Å²) in [7, 11) is 0. The first-order valence-electron chi connectivity index (χ1n) is 8.71. The molecule has 1 heterocycles. The van der Waals surface area contributed by atoms with Gasteiger partial charge in [0.2, 0.25) is 0 Å². The molecule has 3 rings (SSSR count). The molecule has 0 saturated carbocycles. The Balaban J connectivity index is 0.00000182. The zero-order valence-electron chi connectivity index (χ0n) is 15.4. The fraction of sp³-hybridized carbons (Fsp3) is 0.400. The Morgan fingerprint density at radius 2 is 1.63 bits per heavy atom. The molecular weight excluding hydrogens is 390 g/mol. The van der Waals surface area contributed by atoms with E-state index < -0.39 is 6.10 Å². The van der Waals surface area contributed by atoms with Gasteiger partial charge in [0.25, 0.3) is 0 Å². The Hall–Kier alpha value is -1.53. The molecule has 0 bridgehead atoms. The summed E-state index contributed by atoms with van der Waals surface area (Å²) in [5, 5.41) is 10.2. The van der Waals surface area contributed by atoms with Gasteiger partial charge in [-0.05, 0) is 31.2 Å². The lowest BCUT2D eigenvalue weighted by Gasteiger charge is -2.36. The molecule has 7 heteroatoms. The van der Waals surface area contributed by atoms with Gasteiger partial charge >= 0.3 is 0 Å². The van der Waals surface area contributed by atoms with Crippen LogP contribution in [-0.4, -0.2) is 55.4 Å². The third-order valence-electron chi connectivity index (χ3n) is 4.50. The van der Waals surface area contributed by atoms with Crippen LogP contribution in [0.3, 0.4) is 0 Å². The summed E-state index contributed by atoms with van der Waals surface area (Å²) in [5.74, 6) is 0.594. The fourth-order valence-corrected chi connectivity index (χ4v) is 3.06. The minimum Gasteiger partial charge on any atom is -0.491 e. The number of para-hydroxylation sites is 1. The largest absolute Gasteiger partial charge is 0.491 e. The molecule has 0 amide bonds. The number of aryl methyl sites for hydroxylation is 1. The molecule has 0 aromatic heterocycles. The molecule has 2 aromatic carbocycles. The topological polar surface area (TPSA) is 35.9 Å². The fourth-order valence-electron chi connectivity index (χ4n) is 3.06. The van der Waals surface area contributed by atoms with E-state index in [1.54, 1.807) is 6.07 Å². The van der Waals surface area contributed by atoms with Gasteiger partial charge in [0.1, 0.15) is 24.3 Å². The van der Waals surface area contributed by atoms with Gasteiger partial charge in [-0.15, -0.1) is 24.8 Å². The van der Waals surface area contributed by atoms with Crippen molar-refractivity contribution in [3.05, 3.63) is 59.9 Å². The van der Waals surface area contributed by atoms with Gasteiger partial charge in [0.05, 0.1) is 5.69 Å². The summed E-state index contributed by atoms with van der Waals surface area (Å²) >= 11 is 0. The first kappa shape index (κ1) is 23.5. The van der Waals surface area contributed by atoms with Crippen molar-refractivity contribution < 1.29 is 14.2 Å². The SMILES string of the molecule is Cc1ccc(OCC(O)CN2CCN(c3ccccc3F)CC2)cc1.Cl.Cl. The van der Waals surface area contributed by atoms with Crippen LogP contribution in [0.15, 0.2) is 48.5 Å². The zero-order chi connectivity index (χ0) is 17.6. The number of ether oxygens (including phenoxy) is 1. The van der Waals surface area contributed by atoms with Gasteiger partial charge in [0.15, 0.2) is 0 Å². The van der Waals surface area contributed by atoms with Crippen molar-refractivity contribution in [3.8, 4) is 5.75 Å². The Kier molecular flexibility index (Phi) is 9.88. The summed E-state index contributed by atoms with van der Waals surface area (Å²) in [6.45, 7) is 5.98. The van der Waals surface area contributed by atoms with E-state index in [4.69, 9.17) is 4.74 Å². The van der Waals surface area contributed by atoms with Crippen LogP contribution in [0, 0.1) is 12.7 Å². The van der Waals surface area contributed by atoms with E-state index in [0.29, 0.717) is 12.2 Å². The molecule has 1 unspecified atom stereocenters. The highest BCUT2D eigenvalue weighted by Crippen LogP contribution is 2.20. The molecule has 0 radical (unpaired) electrons. The maximum absolute atomic E-state index is 13.9. The summed E-state index contributed by atoms with van der Waals surface area (Å²) in [5.41, 5.74) is 1.84. The second kappa shape index (κ2) is 11.3. The second-order valence-corrected chi connectivity index (χ2v) is 6.52. The van der Waals surface area contributed by atoms with Crippen LogP contribution in [0.25, 0.3) is 0 Å². The molecule has 27 heavy (non-hydrogen) atoms. The molecule has 150 valence electrons. The van der Waals surface area contributed by atoms with Crippen molar-refractivity contribution in [2.75, 3.05) is 44.2 Å². The Morgan fingerprint density at radius 1 is 1.00 bits per heavy atom. The number of benzene rings is 2. The lowest BCUT2D eigenvalue weighted by atomic mass is 10.2. The van der Waals surface area contributed by atoms with Gasteiger partial charge in [-0.2, -0.15) is 0 Å². The van der Waals surface area contributed by atoms with E-state index in [-0.39, 0.29) is 37.2 Å². The predicted molar refractivity (Wildman–Crippen MR) is 112 cm³/mol. The number of piperazine rings is 1. The Labute approximate surface area is 172 Å². The van der Waals surface area contributed by atoms with Crippen molar-refractivity contribution in [1.82, 2.24) is 4.90 Å². The summed E-state index contributed by atoms with van der Waals surface area (Å²) in [6.07, 6.45) is -0.540. The number of anilines is 1. The van der Waals surface area contributed by atoms with E-state index in [1.165, 1.54) is 11.6 Å². The van der Waals surface area contributed by atoms with E-state index in [0.717, 1.165) is 31.9 Å². The molecule has 1 aliphatic rings. The molecule has 1 atom stereocenters. The number of rotatable bonds is 6. The molecule has 1 aliphatic heterocycles. The normalized spacial score (nSPS) is 15.4. The van der Waals surface area contributed by atoms with Crippen molar-refractivity contribution in [1.29, 1.82) is 0 Å². The lowest BCUT2D eigenvalue weighted by Crippen LogP contribution is -2.49. The average molecular weight is 417 g/mol. The summed E-state index contributed by atoms with van der Waals surface area (Å²) < 4.78 is 19.5. The van der Waals surface area contributed by atoms with Gasteiger partial charge < -0.3 is 14.7 Å². The summed E-state index contributed by atoms with van der Waals surface area (Å²) in [4.78, 5) is 4.25. The standard InChI is InChI=1S/C20H25FN2O2.2ClH/c1-16-6-8-18(9-7-16)25-15-17(24)14-22-10-12-23(13-11-22)20-5-3-2-4-19(20)21;;/h2-9,17,24H,10-15H2,1H3;2*1H. The first-order chi connectivity index (χ1) is 12.1. The second-order valence-electron chi connectivity index (χ2n) is 6.52. The van der Waals surface area contributed by atoms with Gasteiger partial charge in [0, 0.05) is 32.7 Å². The number of aliphatic hydroxyl groups is 1. The Bertz CT molecular complexity index is 680. The molecule has 1 fully saturated rings. The molecule has 4 nitrogen and oxygen atoms in total. The third-order valence-corrected chi connectivity index (χ3v) is 4.50. The summed E-state index contributed by atoms with van der Waals surface area (Å²) in [6, 6.07) is 14.7. The third kappa shape index (κ3) is 6.85. The van der Waals surface area contributed by atoms with Crippen LogP contribution in [0.1, 0.15) is 5.56 Å². The van der Waals surface area contributed by atoms with Crippen LogP contribution < -0.4 is 9.64 Å². The predicted octanol–water partition coefficient (Wildman–Crippen LogP) is 3.54. The highest BCUT2D eigenvalue weighted by atomic mass is 35.5. The average Bonchev–Trinajstić information content (AvgIpc) is 2.62. The van der Waals surface area contributed by atoms with Gasteiger partial charge in [-0.1, -0.05) is 29.8 Å².